The minimum absolute atomic E-state index is 0.520. The Morgan fingerprint density at radius 1 is 1.42 bits per heavy atom. The lowest BCUT2D eigenvalue weighted by molar-refractivity contribution is 0.269. The van der Waals surface area contributed by atoms with Crippen LogP contribution in [0.25, 0.3) is 10.7 Å². The fourth-order valence-corrected chi connectivity index (χ4v) is 4.03. The zero-order valence-electron chi connectivity index (χ0n) is 11.1. The van der Waals surface area contributed by atoms with Gasteiger partial charge >= 0.3 is 0 Å². The molecule has 1 aliphatic rings. The molecule has 19 heavy (non-hydrogen) atoms. The Balaban J connectivity index is 1.89. The van der Waals surface area contributed by atoms with E-state index in [0.717, 1.165) is 16.5 Å². The van der Waals surface area contributed by atoms with E-state index in [1.165, 1.54) is 37.0 Å². The quantitative estimate of drug-likeness (QED) is 0.824. The number of nitrogens with zero attached hydrogens (tertiary/aromatic N) is 2. The molecular formula is C14H19N3S2. The van der Waals surface area contributed by atoms with Crippen LogP contribution in [0.15, 0.2) is 17.5 Å². The zero-order valence-corrected chi connectivity index (χ0v) is 12.8. The molecule has 0 aliphatic heterocycles. The predicted octanol–water partition coefficient (Wildman–Crippen LogP) is 4.81. The molecule has 0 aromatic carbocycles. The molecule has 0 spiro atoms. The minimum Gasteiger partial charge on any atom is -0.296 e. The van der Waals surface area contributed by atoms with Gasteiger partial charge in [-0.05, 0) is 55.3 Å². The summed E-state index contributed by atoms with van der Waals surface area (Å²) in [5.74, 6) is 1.92. The molecule has 5 heteroatoms. The fourth-order valence-electron chi connectivity index (χ4n) is 3.03. The molecule has 1 aliphatic carbocycles. The zero-order chi connectivity index (χ0) is 13.2. The van der Waals surface area contributed by atoms with Gasteiger partial charge in [-0.2, -0.15) is 5.10 Å². The van der Waals surface area contributed by atoms with Crippen LogP contribution in [0.4, 0.5) is 0 Å². The van der Waals surface area contributed by atoms with Gasteiger partial charge in [-0.25, -0.2) is 0 Å². The first kappa shape index (κ1) is 13.1. The van der Waals surface area contributed by atoms with E-state index in [-0.39, 0.29) is 0 Å². The van der Waals surface area contributed by atoms with Gasteiger partial charge in [0, 0.05) is 6.04 Å². The van der Waals surface area contributed by atoms with Crippen molar-refractivity contribution in [1.29, 1.82) is 0 Å². The Labute approximate surface area is 122 Å². The normalized spacial score (nSPS) is 23.6. The van der Waals surface area contributed by atoms with Gasteiger partial charge in [-0.3, -0.25) is 9.67 Å². The third-order valence-corrected chi connectivity index (χ3v) is 5.36. The molecule has 1 fully saturated rings. The molecule has 1 N–H and O–H groups in total. The van der Waals surface area contributed by atoms with Gasteiger partial charge in [0.1, 0.15) is 0 Å². The molecule has 0 radical (unpaired) electrons. The molecule has 102 valence electrons. The van der Waals surface area contributed by atoms with E-state index in [1.807, 2.05) is 0 Å². The second-order valence-electron chi connectivity index (χ2n) is 5.28. The largest absolute Gasteiger partial charge is 0.296 e. The summed E-state index contributed by atoms with van der Waals surface area (Å²) in [5, 5.41) is 9.49. The van der Waals surface area contributed by atoms with E-state index in [2.05, 4.69) is 39.2 Å². The number of H-pyrrole nitrogens is 1. The van der Waals surface area contributed by atoms with Gasteiger partial charge in [-0.15, -0.1) is 11.3 Å². The molecule has 0 unspecified atom stereocenters. The molecule has 0 amide bonds. The fraction of sp³-hybridized carbons (Fsp3) is 0.571. The van der Waals surface area contributed by atoms with Gasteiger partial charge in [0.25, 0.3) is 0 Å². The van der Waals surface area contributed by atoms with Gasteiger partial charge in [0.05, 0.1) is 4.88 Å². The molecule has 0 atom stereocenters. The highest BCUT2D eigenvalue weighted by molar-refractivity contribution is 7.71. The van der Waals surface area contributed by atoms with Crippen LogP contribution in [0, 0.1) is 10.7 Å². The molecule has 3 rings (SSSR count). The minimum atomic E-state index is 0.520. The maximum Gasteiger partial charge on any atom is 0.195 e. The Bertz CT molecular complexity index is 574. The first-order valence-corrected chi connectivity index (χ1v) is 8.29. The summed E-state index contributed by atoms with van der Waals surface area (Å²) in [5.41, 5.74) is 0. The first-order valence-electron chi connectivity index (χ1n) is 7.00. The monoisotopic (exact) mass is 293 g/mol. The topological polar surface area (TPSA) is 33.6 Å². The maximum absolute atomic E-state index is 5.43. The van der Waals surface area contributed by atoms with Gasteiger partial charge in [-0.1, -0.05) is 19.4 Å². The summed E-state index contributed by atoms with van der Waals surface area (Å²) in [7, 11) is 0. The van der Waals surface area contributed by atoms with Crippen molar-refractivity contribution in [2.75, 3.05) is 0 Å². The van der Waals surface area contributed by atoms with Crippen LogP contribution in [0.2, 0.25) is 0 Å². The van der Waals surface area contributed by atoms with Crippen molar-refractivity contribution in [3.8, 4) is 10.7 Å². The Morgan fingerprint density at radius 3 is 2.84 bits per heavy atom. The van der Waals surface area contributed by atoms with Crippen molar-refractivity contribution in [2.45, 2.75) is 45.1 Å². The average molecular weight is 293 g/mol. The van der Waals surface area contributed by atoms with Crippen LogP contribution in [0.5, 0.6) is 0 Å². The van der Waals surface area contributed by atoms with Crippen LogP contribution in [0.1, 0.15) is 45.1 Å². The lowest BCUT2D eigenvalue weighted by Gasteiger charge is -2.29. The predicted molar refractivity (Wildman–Crippen MR) is 82.0 cm³/mol. The molecule has 2 heterocycles. The lowest BCUT2D eigenvalue weighted by Crippen LogP contribution is -2.18. The molecular weight excluding hydrogens is 274 g/mol. The maximum atomic E-state index is 5.43. The highest BCUT2D eigenvalue weighted by atomic mass is 32.1. The standard InChI is InChI=1S/C14H19N3S2/c1-2-10-5-7-11(8-6-10)17-13(15-16-14(17)18)12-4-3-9-19-12/h3-4,9-11H,2,5-8H2,1H3,(H,16,18). The number of hydrogen-bond acceptors (Lipinski definition) is 3. The van der Waals surface area contributed by atoms with Crippen LogP contribution in [-0.2, 0) is 0 Å². The molecule has 2 aromatic rings. The summed E-state index contributed by atoms with van der Waals surface area (Å²) in [6.07, 6.45) is 6.40. The van der Waals surface area contributed by atoms with Gasteiger partial charge in [0.15, 0.2) is 10.6 Å². The van der Waals surface area contributed by atoms with Crippen LogP contribution in [0.3, 0.4) is 0 Å². The van der Waals surface area contributed by atoms with E-state index < -0.39 is 0 Å². The highest BCUT2D eigenvalue weighted by Gasteiger charge is 2.24. The number of nitrogens with one attached hydrogen (secondary N) is 1. The van der Waals surface area contributed by atoms with E-state index in [4.69, 9.17) is 12.2 Å². The van der Waals surface area contributed by atoms with Crippen LogP contribution >= 0.6 is 23.6 Å². The third kappa shape index (κ3) is 2.54. The first-order chi connectivity index (χ1) is 9.29. The second-order valence-corrected chi connectivity index (χ2v) is 6.62. The van der Waals surface area contributed by atoms with E-state index in [9.17, 15) is 0 Å². The Kier molecular flexibility index (Phi) is 3.84. The van der Waals surface area contributed by atoms with Gasteiger partial charge in [0.2, 0.25) is 0 Å². The van der Waals surface area contributed by atoms with E-state index >= 15 is 0 Å². The highest BCUT2D eigenvalue weighted by Crippen LogP contribution is 2.36. The van der Waals surface area contributed by atoms with Crippen LogP contribution in [-0.4, -0.2) is 14.8 Å². The molecule has 3 nitrogen and oxygen atoms in total. The Morgan fingerprint density at radius 2 is 2.21 bits per heavy atom. The number of hydrogen-bond donors (Lipinski definition) is 1. The van der Waals surface area contributed by atoms with E-state index in [1.54, 1.807) is 11.3 Å². The lowest BCUT2D eigenvalue weighted by atomic mass is 9.84. The number of aromatic nitrogens is 3. The van der Waals surface area contributed by atoms with Crippen molar-refractivity contribution >= 4 is 23.6 Å². The van der Waals surface area contributed by atoms with Crippen molar-refractivity contribution < 1.29 is 0 Å². The summed E-state index contributed by atoms with van der Waals surface area (Å²) in [6, 6.07) is 4.70. The molecule has 1 saturated carbocycles. The number of aromatic amines is 1. The van der Waals surface area contributed by atoms with Crippen LogP contribution < -0.4 is 0 Å². The Hall–Kier alpha value is -0.940. The molecule has 0 bridgehead atoms. The number of rotatable bonds is 3. The van der Waals surface area contributed by atoms with Crippen molar-refractivity contribution in [3.63, 3.8) is 0 Å². The van der Waals surface area contributed by atoms with Gasteiger partial charge < -0.3 is 0 Å². The smallest absolute Gasteiger partial charge is 0.195 e. The molecule has 0 saturated heterocycles. The summed E-state index contributed by atoms with van der Waals surface area (Å²) in [6.45, 7) is 2.30. The third-order valence-electron chi connectivity index (χ3n) is 4.20. The number of thiophene rings is 1. The summed E-state index contributed by atoms with van der Waals surface area (Å²) < 4.78 is 3.01. The van der Waals surface area contributed by atoms with Crippen molar-refractivity contribution in [2.24, 2.45) is 5.92 Å². The van der Waals surface area contributed by atoms with Crippen molar-refractivity contribution in [1.82, 2.24) is 14.8 Å². The average Bonchev–Trinajstić information content (AvgIpc) is 3.08. The summed E-state index contributed by atoms with van der Waals surface area (Å²) >= 11 is 7.16. The van der Waals surface area contributed by atoms with E-state index in [0.29, 0.717) is 6.04 Å². The SMILES string of the molecule is CCC1CCC(n2c(-c3cccs3)n[nH]c2=S)CC1. The second kappa shape index (κ2) is 5.59. The summed E-state index contributed by atoms with van der Waals surface area (Å²) in [4.78, 5) is 1.20. The molecule has 2 aromatic heterocycles. The van der Waals surface area contributed by atoms with Crippen molar-refractivity contribution in [3.05, 3.63) is 22.3 Å².